The molecule has 0 aromatic heterocycles. The summed E-state index contributed by atoms with van der Waals surface area (Å²) in [5.41, 5.74) is 6.78. The summed E-state index contributed by atoms with van der Waals surface area (Å²) in [4.78, 5) is 0. The Balaban J connectivity index is 2.35. The van der Waals surface area contributed by atoms with Crippen LogP contribution in [0, 0.1) is 0 Å². The zero-order chi connectivity index (χ0) is 12.5. The van der Waals surface area contributed by atoms with Crippen LogP contribution in [-0.4, -0.2) is 38.1 Å². The average molecular weight is 302 g/mol. The normalized spacial score (nSPS) is 19.5. The van der Waals surface area contributed by atoms with Crippen molar-refractivity contribution in [3.8, 4) is 5.75 Å². The molecule has 1 fully saturated rings. The minimum Gasteiger partial charge on any atom is -0.496 e. The number of halogens is 1. The standard InChI is InChI=1S/C12H16BrNO3/c1-16-10-3-2-8(4-9(10)13)12(6-17-7-12)11(14)5-15/h2-4,11,15H,5-7,14H2,1H3. The van der Waals surface area contributed by atoms with E-state index in [4.69, 9.17) is 15.2 Å². The highest BCUT2D eigenvalue weighted by atomic mass is 79.9. The lowest BCUT2D eigenvalue weighted by Crippen LogP contribution is -2.60. The van der Waals surface area contributed by atoms with Crippen LogP contribution in [0.3, 0.4) is 0 Å². The van der Waals surface area contributed by atoms with Gasteiger partial charge < -0.3 is 20.3 Å². The van der Waals surface area contributed by atoms with Crippen molar-refractivity contribution >= 4 is 15.9 Å². The minimum absolute atomic E-state index is 0.0486. The van der Waals surface area contributed by atoms with Crippen LogP contribution in [-0.2, 0) is 10.2 Å². The van der Waals surface area contributed by atoms with Gasteiger partial charge in [-0.1, -0.05) is 6.07 Å². The second-order valence-corrected chi connectivity index (χ2v) is 5.14. The quantitative estimate of drug-likeness (QED) is 0.872. The van der Waals surface area contributed by atoms with E-state index >= 15 is 0 Å². The molecule has 2 rings (SSSR count). The van der Waals surface area contributed by atoms with Crippen LogP contribution in [0.4, 0.5) is 0 Å². The molecule has 0 aliphatic carbocycles. The highest BCUT2D eigenvalue weighted by Gasteiger charge is 2.45. The summed E-state index contributed by atoms with van der Waals surface area (Å²) < 4.78 is 11.3. The molecule has 1 aliphatic heterocycles. The van der Waals surface area contributed by atoms with Crippen molar-refractivity contribution in [3.63, 3.8) is 0 Å². The Hall–Kier alpha value is -0.620. The number of nitrogens with two attached hydrogens (primary N) is 1. The van der Waals surface area contributed by atoms with Gasteiger partial charge in [-0.25, -0.2) is 0 Å². The molecule has 0 bridgehead atoms. The van der Waals surface area contributed by atoms with Crippen molar-refractivity contribution in [3.05, 3.63) is 28.2 Å². The molecule has 4 nitrogen and oxygen atoms in total. The fraction of sp³-hybridized carbons (Fsp3) is 0.500. The molecule has 1 aromatic carbocycles. The third kappa shape index (κ3) is 2.08. The predicted molar refractivity (Wildman–Crippen MR) is 68.3 cm³/mol. The topological polar surface area (TPSA) is 64.7 Å². The van der Waals surface area contributed by atoms with E-state index in [1.165, 1.54) is 0 Å². The van der Waals surface area contributed by atoms with E-state index in [2.05, 4.69) is 15.9 Å². The Bertz CT molecular complexity index is 407. The molecular weight excluding hydrogens is 286 g/mol. The zero-order valence-electron chi connectivity index (χ0n) is 9.65. The largest absolute Gasteiger partial charge is 0.496 e. The Kier molecular flexibility index (Phi) is 3.73. The molecule has 0 saturated carbocycles. The van der Waals surface area contributed by atoms with Gasteiger partial charge in [-0.2, -0.15) is 0 Å². The molecule has 0 radical (unpaired) electrons. The first kappa shape index (κ1) is 12.8. The summed E-state index contributed by atoms with van der Waals surface area (Å²) >= 11 is 3.45. The predicted octanol–water partition coefficient (Wildman–Crippen LogP) is 1.05. The Labute approximate surface area is 109 Å². The lowest BCUT2D eigenvalue weighted by Gasteiger charge is -2.45. The molecule has 0 amide bonds. The highest BCUT2D eigenvalue weighted by molar-refractivity contribution is 9.10. The maximum absolute atomic E-state index is 9.25. The van der Waals surface area contributed by atoms with Crippen molar-refractivity contribution < 1.29 is 14.6 Å². The Morgan fingerprint density at radius 3 is 2.71 bits per heavy atom. The molecular formula is C12H16BrNO3. The lowest BCUT2D eigenvalue weighted by atomic mass is 9.73. The van der Waals surface area contributed by atoms with Gasteiger partial charge in [-0.3, -0.25) is 0 Å². The molecule has 1 saturated heterocycles. The van der Waals surface area contributed by atoms with Gasteiger partial charge in [0.15, 0.2) is 0 Å². The number of benzene rings is 1. The number of hydrogen-bond donors (Lipinski definition) is 2. The van der Waals surface area contributed by atoms with E-state index in [0.717, 1.165) is 15.8 Å². The van der Waals surface area contributed by atoms with E-state index in [9.17, 15) is 5.11 Å². The second kappa shape index (κ2) is 4.94. The van der Waals surface area contributed by atoms with E-state index in [1.54, 1.807) is 7.11 Å². The monoisotopic (exact) mass is 301 g/mol. The summed E-state index contributed by atoms with van der Waals surface area (Å²) in [5.74, 6) is 0.779. The van der Waals surface area contributed by atoms with Gasteiger partial charge in [0.1, 0.15) is 5.75 Å². The zero-order valence-corrected chi connectivity index (χ0v) is 11.2. The summed E-state index contributed by atoms with van der Waals surface area (Å²) in [6.07, 6.45) is 0. The van der Waals surface area contributed by atoms with Crippen molar-refractivity contribution in [1.29, 1.82) is 0 Å². The molecule has 1 heterocycles. The third-order valence-electron chi connectivity index (χ3n) is 3.35. The van der Waals surface area contributed by atoms with E-state index in [1.807, 2.05) is 18.2 Å². The Morgan fingerprint density at radius 2 is 2.29 bits per heavy atom. The number of hydrogen-bond acceptors (Lipinski definition) is 4. The number of aliphatic hydroxyl groups excluding tert-OH is 1. The van der Waals surface area contributed by atoms with Crippen molar-refractivity contribution in [1.82, 2.24) is 0 Å². The lowest BCUT2D eigenvalue weighted by molar-refractivity contribution is -0.0798. The first-order valence-corrected chi connectivity index (χ1v) is 6.21. The minimum atomic E-state index is -0.309. The van der Waals surface area contributed by atoms with Crippen LogP contribution < -0.4 is 10.5 Å². The van der Waals surface area contributed by atoms with Crippen LogP contribution >= 0.6 is 15.9 Å². The first-order chi connectivity index (χ1) is 8.14. The molecule has 1 aromatic rings. The van der Waals surface area contributed by atoms with Crippen LogP contribution in [0.2, 0.25) is 0 Å². The number of rotatable bonds is 4. The number of methoxy groups -OCH3 is 1. The summed E-state index contributed by atoms with van der Waals surface area (Å²) in [6, 6.07) is 5.54. The van der Waals surface area contributed by atoms with Crippen LogP contribution in [0.1, 0.15) is 5.56 Å². The van der Waals surface area contributed by atoms with Crippen molar-refractivity contribution in [2.24, 2.45) is 5.73 Å². The van der Waals surface area contributed by atoms with Crippen LogP contribution in [0.25, 0.3) is 0 Å². The van der Waals surface area contributed by atoms with E-state index < -0.39 is 0 Å². The number of ether oxygens (including phenoxy) is 2. The molecule has 1 unspecified atom stereocenters. The molecule has 94 valence electrons. The van der Waals surface area contributed by atoms with Gasteiger partial charge in [0.05, 0.1) is 36.8 Å². The molecule has 17 heavy (non-hydrogen) atoms. The van der Waals surface area contributed by atoms with Gasteiger partial charge >= 0.3 is 0 Å². The van der Waals surface area contributed by atoms with Gasteiger partial charge in [-0.15, -0.1) is 0 Å². The van der Waals surface area contributed by atoms with Crippen molar-refractivity contribution in [2.75, 3.05) is 26.9 Å². The van der Waals surface area contributed by atoms with Gasteiger partial charge in [0.2, 0.25) is 0 Å². The Morgan fingerprint density at radius 1 is 1.59 bits per heavy atom. The van der Waals surface area contributed by atoms with Crippen LogP contribution in [0.5, 0.6) is 5.75 Å². The molecule has 1 atom stereocenters. The van der Waals surface area contributed by atoms with Crippen LogP contribution in [0.15, 0.2) is 22.7 Å². The third-order valence-corrected chi connectivity index (χ3v) is 3.97. The maximum Gasteiger partial charge on any atom is 0.133 e. The second-order valence-electron chi connectivity index (χ2n) is 4.29. The van der Waals surface area contributed by atoms with Gasteiger partial charge in [-0.05, 0) is 33.6 Å². The van der Waals surface area contributed by atoms with Crippen molar-refractivity contribution in [2.45, 2.75) is 11.5 Å². The molecule has 5 heteroatoms. The molecule has 3 N–H and O–H groups in total. The smallest absolute Gasteiger partial charge is 0.133 e. The fourth-order valence-corrected chi connectivity index (χ4v) is 2.61. The van der Waals surface area contributed by atoms with Gasteiger partial charge in [0, 0.05) is 6.04 Å². The average Bonchev–Trinajstić information content (AvgIpc) is 2.27. The summed E-state index contributed by atoms with van der Waals surface area (Å²) in [7, 11) is 1.63. The molecule has 0 spiro atoms. The maximum atomic E-state index is 9.25. The SMILES string of the molecule is COc1ccc(C2(C(N)CO)COC2)cc1Br. The summed E-state index contributed by atoms with van der Waals surface area (Å²) in [5, 5.41) is 9.25. The fourth-order valence-electron chi connectivity index (χ4n) is 2.07. The highest BCUT2D eigenvalue weighted by Crippen LogP contribution is 2.38. The number of aliphatic hydroxyl groups is 1. The van der Waals surface area contributed by atoms with E-state index in [-0.39, 0.29) is 18.1 Å². The van der Waals surface area contributed by atoms with E-state index in [0.29, 0.717) is 13.2 Å². The first-order valence-electron chi connectivity index (χ1n) is 5.42. The van der Waals surface area contributed by atoms with Gasteiger partial charge in [0.25, 0.3) is 0 Å². The summed E-state index contributed by atoms with van der Waals surface area (Å²) in [6.45, 7) is 1.05. The molecule has 1 aliphatic rings.